The Bertz CT molecular complexity index is 304. The van der Waals surface area contributed by atoms with Gasteiger partial charge in [-0.1, -0.05) is 0 Å². The second kappa shape index (κ2) is 3.75. The molecule has 1 aliphatic heterocycles. The highest BCUT2D eigenvalue weighted by Crippen LogP contribution is 2.30. The lowest BCUT2D eigenvalue weighted by atomic mass is 10.2. The van der Waals surface area contributed by atoms with Gasteiger partial charge in [-0.05, 0) is 25.1 Å². The second-order valence-electron chi connectivity index (χ2n) is 3.06. The van der Waals surface area contributed by atoms with Crippen molar-refractivity contribution in [3.05, 3.63) is 18.2 Å². The van der Waals surface area contributed by atoms with Gasteiger partial charge in [0.25, 0.3) is 0 Å². The minimum Gasteiger partial charge on any atom is -0.487 e. The summed E-state index contributed by atoms with van der Waals surface area (Å²) >= 11 is 0. The standard InChI is InChI=1S/C9H12N2O.ClH/c1-6-5-11-8-4-7(10)2-3-9(8)12-6;/h2-4,6,11H,5,10H2,1H3;1H. The van der Waals surface area contributed by atoms with Gasteiger partial charge in [0, 0.05) is 5.69 Å². The molecule has 1 atom stereocenters. The maximum atomic E-state index is 5.62. The summed E-state index contributed by atoms with van der Waals surface area (Å²) in [6.45, 7) is 2.88. The monoisotopic (exact) mass is 200 g/mol. The van der Waals surface area contributed by atoms with Gasteiger partial charge in [0.1, 0.15) is 11.9 Å². The molecule has 0 amide bonds. The first-order valence-electron chi connectivity index (χ1n) is 4.06. The summed E-state index contributed by atoms with van der Waals surface area (Å²) < 4.78 is 5.57. The number of nitrogens with two attached hydrogens (primary N) is 1. The normalized spacial score (nSPS) is 19.0. The van der Waals surface area contributed by atoms with E-state index >= 15 is 0 Å². The molecule has 13 heavy (non-hydrogen) atoms. The highest BCUT2D eigenvalue weighted by atomic mass is 35.5. The SMILES string of the molecule is CC1CNc2cc(N)ccc2O1.Cl. The molecule has 0 saturated heterocycles. The first-order valence-corrected chi connectivity index (χ1v) is 4.06. The molecule has 0 bridgehead atoms. The molecule has 4 heteroatoms. The maximum Gasteiger partial charge on any atom is 0.143 e. The number of benzene rings is 1. The summed E-state index contributed by atoms with van der Waals surface area (Å²) in [6, 6.07) is 5.63. The van der Waals surface area contributed by atoms with Crippen LogP contribution in [0.3, 0.4) is 0 Å². The Kier molecular flexibility index (Phi) is 2.88. The van der Waals surface area contributed by atoms with E-state index < -0.39 is 0 Å². The van der Waals surface area contributed by atoms with Crippen molar-refractivity contribution in [2.75, 3.05) is 17.6 Å². The molecule has 3 nitrogen and oxygen atoms in total. The molecule has 0 aliphatic carbocycles. The number of anilines is 2. The fourth-order valence-corrected chi connectivity index (χ4v) is 1.30. The lowest BCUT2D eigenvalue weighted by molar-refractivity contribution is 0.226. The van der Waals surface area contributed by atoms with Crippen LogP contribution in [-0.4, -0.2) is 12.6 Å². The Hall–Kier alpha value is -1.09. The van der Waals surface area contributed by atoms with Gasteiger partial charge in [-0.15, -0.1) is 12.4 Å². The van der Waals surface area contributed by atoms with Crippen molar-refractivity contribution in [1.82, 2.24) is 0 Å². The number of rotatable bonds is 0. The molecular weight excluding hydrogens is 188 g/mol. The molecule has 3 N–H and O–H groups in total. The van der Waals surface area contributed by atoms with E-state index in [2.05, 4.69) is 5.32 Å². The molecule has 1 unspecified atom stereocenters. The predicted octanol–water partition coefficient (Wildman–Crippen LogP) is 1.88. The van der Waals surface area contributed by atoms with Gasteiger partial charge in [-0.2, -0.15) is 0 Å². The van der Waals surface area contributed by atoms with Crippen molar-refractivity contribution >= 4 is 23.8 Å². The van der Waals surface area contributed by atoms with Crippen molar-refractivity contribution in [2.45, 2.75) is 13.0 Å². The van der Waals surface area contributed by atoms with E-state index in [9.17, 15) is 0 Å². The zero-order valence-corrected chi connectivity index (χ0v) is 8.23. The van der Waals surface area contributed by atoms with Crippen molar-refractivity contribution in [1.29, 1.82) is 0 Å². The average Bonchev–Trinajstić information content (AvgIpc) is 2.05. The molecule has 0 saturated carbocycles. The summed E-state index contributed by atoms with van der Waals surface area (Å²) in [5, 5.41) is 3.25. The third-order valence-corrected chi connectivity index (χ3v) is 1.91. The third-order valence-electron chi connectivity index (χ3n) is 1.91. The topological polar surface area (TPSA) is 47.3 Å². The minimum absolute atomic E-state index is 0. The number of nitrogen functional groups attached to an aromatic ring is 1. The summed E-state index contributed by atoms with van der Waals surface area (Å²) in [6.07, 6.45) is 0.237. The molecular formula is C9H13ClN2O. The number of ether oxygens (including phenoxy) is 1. The molecule has 0 radical (unpaired) electrons. The van der Waals surface area contributed by atoms with Crippen LogP contribution in [0.15, 0.2) is 18.2 Å². The first kappa shape index (κ1) is 9.99. The van der Waals surface area contributed by atoms with Gasteiger partial charge < -0.3 is 15.8 Å². The van der Waals surface area contributed by atoms with Crippen LogP contribution in [0.1, 0.15) is 6.92 Å². The van der Waals surface area contributed by atoms with Gasteiger partial charge in [0.05, 0.1) is 12.2 Å². The van der Waals surface area contributed by atoms with Crippen LogP contribution in [-0.2, 0) is 0 Å². The van der Waals surface area contributed by atoms with Gasteiger partial charge >= 0.3 is 0 Å². The fraction of sp³-hybridized carbons (Fsp3) is 0.333. The van der Waals surface area contributed by atoms with E-state index in [1.165, 1.54) is 0 Å². The van der Waals surface area contributed by atoms with E-state index in [1.807, 2.05) is 25.1 Å². The van der Waals surface area contributed by atoms with Crippen LogP contribution >= 0.6 is 12.4 Å². The van der Waals surface area contributed by atoms with Gasteiger partial charge in [-0.3, -0.25) is 0 Å². The van der Waals surface area contributed by atoms with Crippen molar-refractivity contribution in [3.63, 3.8) is 0 Å². The quantitative estimate of drug-likeness (QED) is 0.629. The number of halogens is 1. The van der Waals surface area contributed by atoms with E-state index in [-0.39, 0.29) is 18.5 Å². The van der Waals surface area contributed by atoms with Crippen molar-refractivity contribution in [3.8, 4) is 5.75 Å². The molecule has 72 valence electrons. The van der Waals surface area contributed by atoms with Crippen LogP contribution in [0.4, 0.5) is 11.4 Å². The summed E-state index contributed by atoms with van der Waals surface area (Å²) in [5.41, 5.74) is 7.38. The fourth-order valence-electron chi connectivity index (χ4n) is 1.30. The summed E-state index contributed by atoms with van der Waals surface area (Å²) in [7, 11) is 0. The van der Waals surface area contributed by atoms with E-state index in [4.69, 9.17) is 10.5 Å². The molecule has 0 spiro atoms. The molecule has 0 fully saturated rings. The summed E-state index contributed by atoms with van der Waals surface area (Å²) in [4.78, 5) is 0. The van der Waals surface area contributed by atoms with E-state index in [0.717, 1.165) is 23.7 Å². The molecule has 2 rings (SSSR count). The maximum absolute atomic E-state index is 5.62. The number of hydrogen-bond donors (Lipinski definition) is 2. The van der Waals surface area contributed by atoms with Crippen molar-refractivity contribution in [2.24, 2.45) is 0 Å². The lowest BCUT2D eigenvalue weighted by Crippen LogP contribution is -2.27. The van der Waals surface area contributed by atoms with Gasteiger partial charge in [0.2, 0.25) is 0 Å². The number of fused-ring (bicyclic) bond motifs is 1. The highest BCUT2D eigenvalue weighted by Gasteiger charge is 2.14. The highest BCUT2D eigenvalue weighted by molar-refractivity contribution is 5.85. The Morgan fingerprint density at radius 2 is 2.31 bits per heavy atom. The van der Waals surface area contributed by atoms with E-state index in [0.29, 0.717) is 0 Å². The molecule has 1 heterocycles. The zero-order chi connectivity index (χ0) is 8.55. The Morgan fingerprint density at radius 1 is 1.54 bits per heavy atom. The van der Waals surface area contributed by atoms with Gasteiger partial charge in [-0.25, -0.2) is 0 Å². The largest absolute Gasteiger partial charge is 0.487 e. The predicted molar refractivity (Wildman–Crippen MR) is 56.7 cm³/mol. The smallest absolute Gasteiger partial charge is 0.143 e. The molecule has 0 aromatic heterocycles. The van der Waals surface area contributed by atoms with Crippen LogP contribution in [0.25, 0.3) is 0 Å². The zero-order valence-electron chi connectivity index (χ0n) is 7.41. The lowest BCUT2D eigenvalue weighted by Gasteiger charge is -2.24. The third kappa shape index (κ3) is 1.98. The number of nitrogens with one attached hydrogen (secondary N) is 1. The second-order valence-corrected chi connectivity index (χ2v) is 3.06. The molecule has 1 aromatic carbocycles. The Labute approximate surface area is 83.7 Å². The Morgan fingerprint density at radius 3 is 3.08 bits per heavy atom. The van der Waals surface area contributed by atoms with Crippen molar-refractivity contribution < 1.29 is 4.74 Å². The molecule has 1 aliphatic rings. The van der Waals surface area contributed by atoms with E-state index in [1.54, 1.807) is 0 Å². The van der Waals surface area contributed by atoms with Crippen LogP contribution in [0, 0.1) is 0 Å². The molecule has 1 aromatic rings. The minimum atomic E-state index is 0. The van der Waals surface area contributed by atoms with Crippen LogP contribution in [0.2, 0.25) is 0 Å². The first-order chi connectivity index (χ1) is 5.75. The number of hydrogen-bond acceptors (Lipinski definition) is 3. The Balaban J connectivity index is 0.000000845. The average molecular weight is 201 g/mol. The van der Waals surface area contributed by atoms with Crippen LogP contribution in [0.5, 0.6) is 5.75 Å². The summed E-state index contributed by atoms with van der Waals surface area (Å²) in [5.74, 6) is 0.892. The van der Waals surface area contributed by atoms with Gasteiger partial charge in [0.15, 0.2) is 0 Å². The van der Waals surface area contributed by atoms with Crippen LogP contribution < -0.4 is 15.8 Å².